The van der Waals surface area contributed by atoms with Gasteiger partial charge in [0.15, 0.2) is 5.57 Å². The molecule has 9 nitrogen and oxygen atoms in total. The molecular formula is C26H27FN6O3S. The summed E-state index contributed by atoms with van der Waals surface area (Å²) >= 11 is 1.04. The maximum Gasteiger partial charge on any atom is 0.270 e. The monoisotopic (exact) mass is 522 g/mol. The minimum atomic E-state index is -0.531. The standard InChI is InChI=1S/C26H27FN6O3S/c1-4-29-24(35)19(14-28)26-33(5-2)25(36)22(37-26)15-30-17-9-8-10-18(13-17)31-23(34)16-32(3)21-12-7-6-11-20(21)27/h6-13,15,30H,4-5,16H2,1-3H3,(H,29,35)(H,31,34)/b22-15+,26-19-. The molecule has 0 atom stereocenters. The fraction of sp³-hybridized carbons (Fsp3) is 0.231. The molecule has 37 heavy (non-hydrogen) atoms. The van der Waals surface area contributed by atoms with Crippen molar-refractivity contribution < 1.29 is 14.0 Å². The van der Waals surface area contributed by atoms with E-state index in [9.17, 15) is 24.0 Å². The van der Waals surface area contributed by atoms with Crippen molar-refractivity contribution >= 4 is 52.0 Å². The summed E-state index contributed by atoms with van der Waals surface area (Å²) in [6.07, 6.45) is 1.50. The smallest absolute Gasteiger partial charge is 0.270 e. The third kappa shape index (κ3) is 6.62. The van der Waals surface area contributed by atoms with Crippen LogP contribution in [0.15, 0.2) is 53.3 Å². The van der Waals surface area contributed by atoms with Gasteiger partial charge in [-0.25, -0.2) is 4.39 Å². The van der Waals surface area contributed by atoms with Crippen molar-refractivity contribution in [1.82, 2.24) is 9.88 Å². The van der Waals surface area contributed by atoms with Crippen LogP contribution in [0, 0.1) is 17.1 Å². The highest BCUT2D eigenvalue weighted by Gasteiger charge is 2.15. The summed E-state index contributed by atoms with van der Waals surface area (Å²) < 4.78 is 16.0. The number of nitrogens with one attached hydrogen (secondary N) is 3. The molecule has 3 aromatic rings. The van der Waals surface area contributed by atoms with E-state index in [-0.39, 0.29) is 28.2 Å². The van der Waals surface area contributed by atoms with Crippen LogP contribution in [-0.2, 0) is 16.1 Å². The Balaban J connectivity index is 1.80. The van der Waals surface area contributed by atoms with Gasteiger partial charge in [0.25, 0.3) is 11.5 Å². The van der Waals surface area contributed by atoms with Crippen molar-refractivity contribution in [3.05, 3.63) is 73.9 Å². The van der Waals surface area contributed by atoms with Gasteiger partial charge in [-0.15, -0.1) is 11.3 Å². The first kappa shape index (κ1) is 27.2. The van der Waals surface area contributed by atoms with E-state index in [1.165, 1.54) is 21.7 Å². The van der Waals surface area contributed by atoms with E-state index in [0.717, 1.165) is 11.3 Å². The summed E-state index contributed by atoms with van der Waals surface area (Å²) in [5.74, 6) is -1.27. The third-order valence-corrected chi connectivity index (χ3v) is 6.40. The molecule has 0 fully saturated rings. The number of carbonyl (C=O) groups excluding carboxylic acids is 2. The van der Waals surface area contributed by atoms with Gasteiger partial charge in [0.1, 0.15) is 21.1 Å². The third-order valence-electron chi connectivity index (χ3n) is 5.27. The van der Waals surface area contributed by atoms with E-state index in [0.29, 0.717) is 34.7 Å². The molecule has 0 radical (unpaired) electrons. The Bertz CT molecular complexity index is 1520. The molecule has 0 saturated heterocycles. The Morgan fingerprint density at radius 1 is 1.16 bits per heavy atom. The SMILES string of the molecule is CCNC(=O)/C(C#N)=c1\s/c(=C/Nc2cccc(NC(=O)CN(C)c3ccccc3F)c2)c(=O)n1CC. The Labute approximate surface area is 217 Å². The normalized spacial score (nSPS) is 11.9. The lowest BCUT2D eigenvalue weighted by Crippen LogP contribution is -2.34. The Morgan fingerprint density at radius 2 is 1.89 bits per heavy atom. The fourth-order valence-corrected chi connectivity index (χ4v) is 4.62. The van der Waals surface area contributed by atoms with Gasteiger partial charge >= 0.3 is 0 Å². The number of rotatable bonds is 9. The maximum absolute atomic E-state index is 14.0. The zero-order valence-corrected chi connectivity index (χ0v) is 21.5. The number of likely N-dealkylation sites (N-methyl/N-ethyl adjacent to an activating group) is 1. The van der Waals surface area contributed by atoms with E-state index >= 15 is 0 Å². The molecule has 0 aliphatic heterocycles. The highest BCUT2D eigenvalue weighted by molar-refractivity contribution is 7.07. The Kier molecular flexibility index (Phi) is 9.18. The van der Waals surface area contributed by atoms with Gasteiger partial charge in [-0.2, -0.15) is 5.26 Å². The average Bonchev–Trinajstić information content (AvgIpc) is 3.18. The van der Waals surface area contributed by atoms with Gasteiger partial charge in [-0.3, -0.25) is 19.0 Å². The van der Waals surface area contributed by atoms with E-state index in [1.54, 1.807) is 63.4 Å². The van der Waals surface area contributed by atoms with Gasteiger partial charge in [0, 0.05) is 37.7 Å². The molecule has 11 heteroatoms. The Hall–Kier alpha value is -4.43. The molecule has 0 saturated carbocycles. The Morgan fingerprint density at radius 3 is 2.57 bits per heavy atom. The summed E-state index contributed by atoms with van der Waals surface area (Å²) in [5, 5.41) is 17.9. The molecule has 0 bridgehead atoms. The van der Waals surface area contributed by atoms with Gasteiger partial charge in [0.2, 0.25) is 5.91 Å². The first-order chi connectivity index (χ1) is 17.8. The predicted molar refractivity (Wildman–Crippen MR) is 144 cm³/mol. The van der Waals surface area contributed by atoms with Gasteiger partial charge in [0.05, 0.1) is 12.2 Å². The van der Waals surface area contributed by atoms with Crippen molar-refractivity contribution in [3.8, 4) is 6.07 Å². The van der Waals surface area contributed by atoms with E-state index in [2.05, 4.69) is 16.0 Å². The first-order valence-electron chi connectivity index (χ1n) is 11.5. The average molecular weight is 523 g/mol. The molecule has 2 amide bonds. The number of anilines is 3. The number of hydrogen-bond acceptors (Lipinski definition) is 7. The number of amides is 2. The van der Waals surface area contributed by atoms with Gasteiger partial charge < -0.3 is 20.9 Å². The minimum absolute atomic E-state index is 0.0530. The van der Waals surface area contributed by atoms with Crippen molar-refractivity contribution in [2.45, 2.75) is 20.4 Å². The number of para-hydroxylation sites is 1. The number of nitrogens with zero attached hydrogens (tertiary/aromatic N) is 3. The summed E-state index contributed by atoms with van der Waals surface area (Å²) in [6, 6.07) is 15.0. The van der Waals surface area contributed by atoms with Gasteiger partial charge in [-0.1, -0.05) is 18.2 Å². The summed E-state index contributed by atoms with van der Waals surface area (Å²) in [7, 11) is 1.63. The molecule has 0 spiro atoms. The molecule has 0 unspecified atom stereocenters. The quantitative estimate of drug-likeness (QED) is 0.394. The molecule has 2 aromatic carbocycles. The zero-order chi connectivity index (χ0) is 26.9. The van der Waals surface area contributed by atoms with Crippen LogP contribution in [0.1, 0.15) is 13.8 Å². The lowest BCUT2D eigenvalue weighted by atomic mass is 10.2. The van der Waals surface area contributed by atoms with Crippen LogP contribution in [0.3, 0.4) is 0 Å². The summed E-state index contributed by atoms with van der Waals surface area (Å²) in [4.78, 5) is 39.1. The highest BCUT2D eigenvalue weighted by atomic mass is 32.1. The lowest BCUT2D eigenvalue weighted by molar-refractivity contribution is -0.116. The predicted octanol–water partition coefficient (Wildman–Crippen LogP) is 1.80. The van der Waals surface area contributed by atoms with Crippen molar-refractivity contribution in [1.29, 1.82) is 5.26 Å². The van der Waals surface area contributed by atoms with Gasteiger partial charge in [-0.05, 0) is 44.2 Å². The largest absolute Gasteiger partial charge is 0.363 e. The second kappa shape index (κ2) is 12.5. The van der Waals surface area contributed by atoms with Crippen LogP contribution in [0.25, 0.3) is 11.8 Å². The number of nitriles is 1. The van der Waals surface area contributed by atoms with Crippen LogP contribution in [0.4, 0.5) is 21.5 Å². The number of carbonyl (C=O) groups is 2. The molecule has 3 rings (SSSR count). The molecule has 192 valence electrons. The zero-order valence-electron chi connectivity index (χ0n) is 20.7. The second-order valence-corrected chi connectivity index (χ2v) is 8.92. The number of benzene rings is 2. The van der Waals surface area contributed by atoms with Crippen molar-refractivity contribution in [2.24, 2.45) is 0 Å². The number of aromatic nitrogens is 1. The van der Waals surface area contributed by atoms with Crippen LogP contribution in [-0.4, -0.2) is 36.5 Å². The minimum Gasteiger partial charge on any atom is -0.363 e. The second-order valence-electron chi connectivity index (χ2n) is 7.89. The van der Waals surface area contributed by atoms with Crippen LogP contribution in [0.2, 0.25) is 0 Å². The first-order valence-corrected chi connectivity index (χ1v) is 12.3. The van der Waals surface area contributed by atoms with E-state index in [1.807, 2.05) is 6.07 Å². The molecule has 1 aromatic heterocycles. The van der Waals surface area contributed by atoms with E-state index < -0.39 is 11.7 Å². The van der Waals surface area contributed by atoms with Crippen LogP contribution in [0.5, 0.6) is 0 Å². The molecule has 0 aliphatic carbocycles. The number of hydrogen-bond donors (Lipinski definition) is 3. The molecule has 1 heterocycles. The van der Waals surface area contributed by atoms with Crippen molar-refractivity contribution in [2.75, 3.05) is 35.7 Å². The van der Waals surface area contributed by atoms with Crippen LogP contribution < -0.4 is 35.6 Å². The van der Waals surface area contributed by atoms with Crippen molar-refractivity contribution in [3.63, 3.8) is 0 Å². The number of thiazole rings is 1. The van der Waals surface area contributed by atoms with E-state index in [4.69, 9.17) is 0 Å². The maximum atomic E-state index is 14.0. The summed E-state index contributed by atoms with van der Waals surface area (Å²) in [6.45, 7) is 4.11. The number of halogens is 1. The highest BCUT2D eigenvalue weighted by Crippen LogP contribution is 2.18. The molecule has 0 aliphatic rings. The molecule has 3 N–H and O–H groups in total. The topological polar surface area (TPSA) is 119 Å². The fourth-order valence-electron chi connectivity index (χ4n) is 3.54. The molecular weight excluding hydrogens is 495 g/mol. The van der Waals surface area contributed by atoms with Crippen LogP contribution >= 0.6 is 11.3 Å². The summed E-state index contributed by atoms with van der Waals surface area (Å²) in [5.41, 5.74) is 0.994. The lowest BCUT2D eigenvalue weighted by Gasteiger charge is -2.19.